The molecular weight excluding hydrogens is 186 g/mol. The van der Waals surface area contributed by atoms with Gasteiger partial charge in [0.15, 0.2) is 0 Å². The van der Waals surface area contributed by atoms with Gasteiger partial charge in [-0.25, -0.2) is 0 Å². The number of fused-ring (bicyclic) bond motifs is 2. The van der Waals surface area contributed by atoms with Crippen LogP contribution in [0.4, 0.5) is 11.4 Å². The molecule has 0 saturated heterocycles. The summed E-state index contributed by atoms with van der Waals surface area (Å²) in [6.45, 7) is 0.997. The number of nitrogen functional groups attached to an aromatic ring is 1. The molecule has 0 fully saturated rings. The number of pyridine rings is 1. The van der Waals surface area contributed by atoms with Crippen molar-refractivity contribution in [1.82, 2.24) is 4.98 Å². The fraction of sp³-hybridized carbons (Fsp3) is 0.250. The summed E-state index contributed by atoms with van der Waals surface area (Å²) >= 11 is 0. The van der Waals surface area contributed by atoms with E-state index in [0.717, 1.165) is 47.4 Å². The zero-order chi connectivity index (χ0) is 10.3. The van der Waals surface area contributed by atoms with E-state index in [2.05, 4.69) is 10.3 Å². The van der Waals surface area contributed by atoms with Crippen molar-refractivity contribution in [2.75, 3.05) is 17.6 Å². The van der Waals surface area contributed by atoms with E-state index in [9.17, 15) is 0 Å². The summed E-state index contributed by atoms with van der Waals surface area (Å²) in [7, 11) is 0. The first-order valence-corrected chi connectivity index (χ1v) is 5.27. The van der Waals surface area contributed by atoms with Crippen molar-refractivity contribution >= 4 is 22.3 Å². The number of hydrogen-bond acceptors (Lipinski definition) is 3. The van der Waals surface area contributed by atoms with Crippen molar-refractivity contribution in [2.24, 2.45) is 0 Å². The van der Waals surface area contributed by atoms with E-state index in [-0.39, 0.29) is 0 Å². The SMILES string of the molecule is Nc1c2c(nc3ccccc13)CCCN2. The minimum Gasteiger partial charge on any atom is -0.396 e. The van der Waals surface area contributed by atoms with Gasteiger partial charge in [0, 0.05) is 11.9 Å². The third kappa shape index (κ3) is 1.23. The van der Waals surface area contributed by atoms with Crippen LogP contribution in [0.15, 0.2) is 24.3 Å². The maximum atomic E-state index is 6.14. The molecule has 0 amide bonds. The molecule has 2 aromatic rings. The Balaban J connectivity index is 2.36. The first kappa shape index (κ1) is 8.53. The second-order valence-electron chi connectivity index (χ2n) is 3.89. The Morgan fingerprint density at radius 1 is 1.27 bits per heavy atom. The van der Waals surface area contributed by atoms with Crippen LogP contribution in [0.25, 0.3) is 10.9 Å². The molecule has 0 bridgehead atoms. The van der Waals surface area contributed by atoms with Gasteiger partial charge in [-0.3, -0.25) is 4.98 Å². The molecule has 1 aliphatic rings. The topological polar surface area (TPSA) is 50.9 Å². The quantitative estimate of drug-likeness (QED) is 0.683. The predicted octanol–water partition coefficient (Wildman–Crippen LogP) is 2.18. The highest BCUT2D eigenvalue weighted by Gasteiger charge is 2.15. The molecule has 76 valence electrons. The number of rotatable bonds is 0. The number of nitrogens with two attached hydrogens (primary N) is 1. The average molecular weight is 199 g/mol. The minimum atomic E-state index is 0.843. The number of nitrogens with one attached hydrogen (secondary N) is 1. The van der Waals surface area contributed by atoms with E-state index < -0.39 is 0 Å². The number of aryl methyl sites for hydroxylation is 1. The van der Waals surface area contributed by atoms with Crippen LogP contribution in [-0.2, 0) is 6.42 Å². The molecule has 15 heavy (non-hydrogen) atoms. The number of nitrogens with zero attached hydrogens (tertiary/aromatic N) is 1. The maximum Gasteiger partial charge on any atom is 0.0799 e. The lowest BCUT2D eigenvalue weighted by atomic mass is 10.0. The number of hydrogen-bond donors (Lipinski definition) is 2. The van der Waals surface area contributed by atoms with Crippen LogP contribution < -0.4 is 11.1 Å². The molecule has 0 atom stereocenters. The molecule has 0 saturated carbocycles. The van der Waals surface area contributed by atoms with Gasteiger partial charge in [0.25, 0.3) is 0 Å². The highest BCUT2D eigenvalue weighted by Crippen LogP contribution is 2.32. The summed E-state index contributed by atoms with van der Waals surface area (Å²) < 4.78 is 0. The number of para-hydroxylation sites is 1. The second kappa shape index (κ2) is 3.12. The monoisotopic (exact) mass is 199 g/mol. The van der Waals surface area contributed by atoms with Crippen LogP contribution in [0, 0.1) is 0 Å². The van der Waals surface area contributed by atoms with Crippen molar-refractivity contribution in [3.05, 3.63) is 30.0 Å². The molecule has 2 heterocycles. The van der Waals surface area contributed by atoms with Crippen LogP contribution >= 0.6 is 0 Å². The lowest BCUT2D eigenvalue weighted by Crippen LogP contribution is -2.15. The van der Waals surface area contributed by atoms with E-state index in [1.165, 1.54) is 0 Å². The van der Waals surface area contributed by atoms with Gasteiger partial charge in [-0.1, -0.05) is 18.2 Å². The van der Waals surface area contributed by atoms with E-state index in [0.29, 0.717) is 0 Å². The van der Waals surface area contributed by atoms with Gasteiger partial charge >= 0.3 is 0 Å². The van der Waals surface area contributed by atoms with Crippen molar-refractivity contribution in [3.8, 4) is 0 Å². The molecule has 0 spiro atoms. The minimum absolute atomic E-state index is 0.843. The average Bonchev–Trinajstić information content (AvgIpc) is 2.30. The Hall–Kier alpha value is -1.77. The van der Waals surface area contributed by atoms with Gasteiger partial charge in [-0.2, -0.15) is 0 Å². The number of benzene rings is 1. The van der Waals surface area contributed by atoms with Gasteiger partial charge in [0.1, 0.15) is 0 Å². The Kier molecular flexibility index (Phi) is 1.78. The molecule has 3 rings (SSSR count). The van der Waals surface area contributed by atoms with Crippen molar-refractivity contribution in [2.45, 2.75) is 12.8 Å². The van der Waals surface area contributed by atoms with Crippen molar-refractivity contribution in [1.29, 1.82) is 0 Å². The Bertz CT molecular complexity index is 520. The molecule has 0 aliphatic carbocycles. The zero-order valence-corrected chi connectivity index (χ0v) is 8.46. The molecule has 1 aromatic carbocycles. The summed E-state index contributed by atoms with van der Waals surface area (Å²) in [6, 6.07) is 8.03. The number of aromatic nitrogens is 1. The largest absolute Gasteiger partial charge is 0.396 e. The highest BCUT2D eigenvalue weighted by atomic mass is 14.9. The molecule has 3 N–H and O–H groups in total. The molecule has 0 unspecified atom stereocenters. The first-order valence-electron chi connectivity index (χ1n) is 5.27. The third-order valence-electron chi connectivity index (χ3n) is 2.90. The van der Waals surface area contributed by atoms with E-state index in [1.807, 2.05) is 24.3 Å². The third-order valence-corrected chi connectivity index (χ3v) is 2.90. The van der Waals surface area contributed by atoms with Crippen LogP contribution in [-0.4, -0.2) is 11.5 Å². The summed E-state index contributed by atoms with van der Waals surface area (Å²) in [5.41, 5.74) is 10.1. The zero-order valence-electron chi connectivity index (χ0n) is 8.46. The Labute approximate surface area is 88.3 Å². The molecule has 3 heteroatoms. The lowest BCUT2D eigenvalue weighted by molar-refractivity contribution is 0.808. The summed E-state index contributed by atoms with van der Waals surface area (Å²) in [6.07, 6.45) is 2.16. The van der Waals surface area contributed by atoms with Gasteiger partial charge in [0.2, 0.25) is 0 Å². The van der Waals surface area contributed by atoms with Gasteiger partial charge in [-0.05, 0) is 18.9 Å². The van der Waals surface area contributed by atoms with Crippen LogP contribution in [0.2, 0.25) is 0 Å². The van der Waals surface area contributed by atoms with E-state index in [4.69, 9.17) is 5.73 Å². The molecule has 1 aliphatic heterocycles. The van der Waals surface area contributed by atoms with E-state index in [1.54, 1.807) is 0 Å². The standard InChI is InChI=1S/C12H13N3/c13-11-8-4-1-2-5-9(8)15-10-6-3-7-14-12(10)11/h1-2,4-5,14H,3,6-7H2,(H2,13,15). The molecule has 3 nitrogen and oxygen atoms in total. The maximum absolute atomic E-state index is 6.14. The van der Waals surface area contributed by atoms with Gasteiger partial charge < -0.3 is 11.1 Å². The number of anilines is 2. The van der Waals surface area contributed by atoms with E-state index >= 15 is 0 Å². The van der Waals surface area contributed by atoms with Crippen LogP contribution in [0.5, 0.6) is 0 Å². The van der Waals surface area contributed by atoms with Crippen LogP contribution in [0.3, 0.4) is 0 Å². The van der Waals surface area contributed by atoms with Gasteiger partial charge in [-0.15, -0.1) is 0 Å². The molecule has 1 aromatic heterocycles. The summed E-state index contributed by atoms with van der Waals surface area (Å²) in [5.74, 6) is 0. The first-order chi connectivity index (χ1) is 7.36. The summed E-state index contributed by atoms with van der Waals surface area (Å²) in [4.78, 5) is 4.63. The van der Waals surface area contributed by atoms with Crippen molar-refractivity contribution in [3.63, 3.8) is 0 Å². The smallest absolute Gasteiger partial charge is 0.0799 e. The normalized spacial score (nSPS) is 14.7. The molecule has 0 radical (unpaired) electrons. The lowest BCUT2D eigenvalue weighted by Gasteiger charge is -2.20. The predicted molar refractivity (Wildman–Crippen MR) is 63.0 cm³/mol. The summed E-state index contributed by atoms with van der Waals surface area (Å²) in [5, 5.41) is 4.38. The Morgan fingerprint density at radius 3 is 3.07 bits per heavy atom. The fourth-order valence-corrected chi connectivity index (χ4v) is 2.14. The highest BCUT2D eigenvalue weighted by molar-refractivity contribution is 5.97. The fourth-order valence-electron chi connectivity index (χ4n) is 2.14. The van der Waals surface area contributed by atoms with Crippen molar-refractivity contribution < 1.29 is 0 Å². The molecular formula is C12H13N3. The Morgan fingerprint density at radius 2 is 2.13 bits per heavy atom. The second-order valence-corrected chi connectivity index (χ2v) is 3.89. The van der Waals surface area contributed by atoms with Gasteiger partial charge in [0.05, 0.1) is 22.6 Å². The van der Waals surface area contributed by atoms with Crippen LogP contribution in [0.1, 0.15) is 12.1 Å².